The highest BCUT2D eigenvalue weighted by atomic mass is 79.9. The molecule has 0 unspecified atom stereocenters. The van der Waals surface area contributed by atoms with E-state index in [0.29, 0.717) is 70.0 Å². The molecule has 1 N–H and O–H groups in total. The number of para-hydroxylation sites is 2. The maximum atomic E-state index is 13.0. The van der Waals surface area contributed by atoms with Crippen molar-refractivity contribution < 1.29 is 28.6 Å². The molecule has 1 amide bonds. The highest BCUT2D eigenvalue weighted by Crippen LogP contribution is 2.48. The Bertz CT molecular complexity index is 1270. The number of Topliss-reactive ketones (excluding diaryl/α,β-unsaturated/α-hetero) is 2. The van der Waals surface area contributed by atoms with Crippen LogP contribution in [0.15, 0.2) is 69.6 Å². The number of hydrogen-bond donors (Lipinski definition) is 1. The Morgan fingerprint density at radius 1 is 0.972 bits per heavy atom. The van der Waals surface area contributed by atoms with Crippen LogP contribution in [0.25, 0.3) is 0 Å². The maximum absolute atomic E-state index is 13.0. The van der Waals surface area contributed by atoms with Crippen LogP contribution in [-0.4, -0.2) is 31.2 Å². The first kappa shape index (κ1) is 24.3. The number of carbonyl (C=O) groups is 3. The smallest absolute Gasteiger partial charge is 0.262 e. The Morgan fingerprint density at radius 3 is 2.28 bits per heavy atom. The summed E-state index contributed by atoms with van der Waals surface area (Å²) in [6.45, 7) is -0.200. The minimum Gasteiger partial charge on any atom is -0.495 e. The van der Waals surface area contributed by atoms with Crippen LogP contribution in [0.3, 0.4) is 0 Å². The molecule has 0 aromatic heterocycles. The van der Waals surface area contributed by atoms with E-state index in [-0.39, 0.29) is 24.1 Å². The number of allylic oxidation sites excluding steroid dienone is 4. The van der Waals surface area contributed by atoms with Crippen molar-refractivity contribution in [2.24, 2.45) is 0 Å². The fourth-order valence-corrected chi connectivity index (χ4v) is 5.55. The van der Waals surface area contributed by atoms with Gasteiger partial charge in [0.2, 0.25) is 0 Å². The monoisotopic (exact) mass is 551 g/mol. The van der Waals surface area contributed by atoms with Gasteiger partial charge < -0.3 is 19.5 Å². The van der Waals surface area contributed by atoms with E-state index in [2.05, 4.69) is 21.2 Å². The van der Waals surface area contributed by atoms with Gasteiger partial charge in [-0.25, -0.2) is 0 Å². The summed E-state index contributed by atoms with van der Waals surface area (Å²) in [5, 5.41) is 2.78. The number of halogens is 1. The lowest BCUT2D eigenvalue weighted by Gasteiger charge is -2.36. The molecule has 0 fully saturated rings. The molecule has 5 rings (SSSR count). The molecular formula is C28H26BrNO6. The minimum absolute atomic E-state index is 0.0376. The molecule has 7 nitrogen and oxygen atoms in total. The van der Waals surface area contributed by atoms with Gasteiger partial charge in [-0.1, -0.05) is 18.2 Å². The van der Waals surface area contributed by atoms with Gasteiger partial charge in [0.05, 0.1) is 17.3 Å². The van der Waals surface area contributed by atoms with Crippen LogP contribution in [0.4, 0.5) is 5.69 Å². The minimum atomic E-state index is -0.441. The molecule has 2 aromatic rings. The van der Waals surface area contributed by atoms with E-state index in [1.165, 1.54) is 0 Å². The normalized spacial score (nSPS) is 17.8. The summed E-state index contributed by atoms with van der Waals surface area (Å²) in [5.74, 6) is 1.75. The number of nitrogens with one attached hydrogen (secondary N) is 1. The van der Waals surface area contributed by atoms with Crippen LogP contribution < -0.4 is 14.8 Å². The lowest BCUT2D eigenvalue weighted by Crippen LogP contribution is -2.30. The first-order chi connectivity index (χ1) is 17.5. The molecule has 0 spiro atoms. The lowest BCUT2D eigenvalue weighted by molar-refractivity contribution is -0.119. The molecular weight excluding hydrogens is 526 g/mol. The largest absolute Gasteiger partial charge is 0.495 e. The summed E-state index contributed by atoms with van der Waals surface area (Å²) in [7, 11) is 1.54. The van der Waals surface area contributed by atoms with Crippen molar-refractivity contribution in [3.8, 4) is 11.5 Å². The number of methoxy groups -OCH3 is 1. The van der Waals surface area contributed by atoms with Gasteiger partial charge in [-0.3, -0.25) is 14.4 Å². The number of benzene rings is 2. The zero-order valence-corrected chi connectivity index (χ0v) is 21.5. The molecule has 0 saturated heterocycles. The average Bonchev–Trinajstić information content (AvgIpc) is 2.87. The zero-order chi connectivity index (χ0) is 25.2. The van der Waals surface area contributed by atoms with Gasteiger partial charge in [0.1, 0.15) is 23.0 Å². The Kier molecular flexibility index (Phi) is 6.96. The van der Waals surface area contributed by atoms with Crippen LogP contribution in [0.2, 0.25) is 0 Å². The van der Waals surface area contributed by atoms with Crippen LogP contribution >= 0.6 is 15.9 Å². The summed E-state index contributed by atoms with van der Waals surface area (Å²) in [5.41, 5.74) is 2.59. The fraction of sp³-hybridized carbons (Fsp3) is 0.321. The van der Waals surface area contributed by atoms with E-state index in [1.807, 2.05) is 18.2 Å². The fourth-order valence-electron chi connectivity index (χ4n) is 5.04. The van der Waals surface area contributed by atoms with Crippen molar-refractivity contribution in [2.45, 2.75) is 44.4 Å². The third kappa shape index (κ3) is 4.69. The van der Waals surface area contributed by atoms with E-state index in [9.17, 15) is 14.4 Å². The van der Waals surface area contributed by atoms with E-state index < -0.39 is 5.92 Å². The molecule has 1 aliphatic heterocycles. The predicted octanol–water partition coefficient (Wildman–Crippen LogP) is 5.60. The van der Waals surface area contributed by atoms with Crippen LogP contribution in [-0.2, 0) is 19.1 Å². The number of carbonyl (C=O) groups excluding carboxylic acids is 3. The second-order valence-electron chi connectivity index (χ2n) is 8.99. The molecule has 0 saturated carbocycles. The second-order valence-corrected chi connectivity index (χ2v) is 9.84. The average molecular weight is 552 g/mol. The molecule has 8 heteroatoms. The molecule has 1 heterocycles. The number of amides is 1. The van der Waals surface area contributed by atoms with E-state index in [4.69, 9.17) is 14.2 Å². The Morgan fingerprint density at radius 2 is 1.64 bits per heavy atom. The molecule has 0 radical (unpaired) electrons. The highest BCUT2D eigenvalue weighted by Gasteiger charge is 2.41. The molecule has 0 atom stereocenters. The van der Waals surface area contributed by atoms with Crippen molar-refractivity contribution in [1.82, 2.24) is 0 Å². The van der Waals surface area contributed by atoms with Gasteiger partial charge in [-0.2, -0.15) is 0 Å². The Balaban J connectivity index is 1.37. The predicted molar refractivity (Wildman–Crippen MR) is 137 cm³/mol. The third-order valence-electron chi connectivity index (χ3n) is 6.67. The van der Waals surface area contributed by atoms with Crippen LogP contribution in [0, 0.1) is 0 Å². The summed E-state index contributed by atoms with van der Waals surface area (Å²) in [4.78, 5) is 38.4. The molecule has 0 bridgehead atoms. The number of rotatable bonds is 6. The van der Waals surface area contributed by atoms with Crippen molar-refractivity contribution in [3.05, 3.63) is 75.2 Å². The van der Waals surface area contributed by atoms with Gasteiger partial charge in [-0.05, 0) is 58.6 Å². The van der Waals surface area contributed by atoms with Crippen LogP contribution in [0.5, 0.6) is 11.5 Å². The highest BCUT2D eigenvalue weighted by molar-refractivity contribution is 9.10. The van der Waals surface area contributed by atoms with Crippen molar-refractivity contribution in [3.63, 3.8) is 0 Å². The zero-order valence-electron chi connectivity index (χ0n) is 19.9. The van der Waals surface area contributed by atoms with Crippen molar-refractivity contribution in [1.29, 1.82) is 0 Å². The van der Waals surface area contributed by atoms with E-state index in [0.717, 1.165) is 18.4 Å². The van der Waals surface area contributed by atoms with E-state index >= 15 is 0 Å². The number of hydrogen-bond acceptors (Lipinski definition) is 6. The summed E-state index contributed by atoms with van der Waals surface area (Å²) in [6, 6.07) is 12.6. The standard InChI is InChI=1S/C28H26BrNO6/c1-34-22-9-3-2-6-18(22)30-25(33)15-35-21-13-12-16(14-17(21)29)26-27-19(31)7-4-10-23(27)36-24-11-5-8-20(32)28(24)26/h2-3,6,9,12-14,26H,4-5,7-8,10-11,15H2,1H3,(H,30,33). The van der Waals surface area contributed by atoms with Crippen molar-refractivity contribution in [2.75, 3.05) is 19.0 Å². The Hall–Kier alpha value is -3.39. The number of ketones is 2. The number of anilines is 1. The van der Waals surface area contributed by atoms with E-state index in [1.54, 1.807) is 31.4 Å². The second kappa shape index (κ2) is 10.3. The quantitative estimate of drug-likeness (QED) is 0.502. The van der Waals surface area contributed by atoms with Gasteiger partial charge in [0.15, 0.2) is 18.2 Å². The SMILES string of the molecule is COc1ccccc1NC(=O)COc1ccc(C2C3=C(CCCC3=O)OC3=C2C(=O)CCC3)cc1Br. The maximum Gasteiger partial charge on any atom is 0.262 e. The third-order valence-corrected chi connectivity index (χ3v) is 7.29. The lowest BCUT2D eigenvalue weighted by atomic mass is 9.73. The molecule has 2 aromatic carbocycles. The Labute approximate surface area is 217 Å². The van der Waals surface area contributed by atoms with Gasteiger partial charge in [-0.15, -0.1) is 0 Å². The molecule has 3 aliphatic rings. The molecule has 2 aliphatic carbocycles. The summed E-state index contributed by atoms with van der Waals surface area (Å²) in [6.07, 6.45) is 3.83. The topological polar surface area (TPSA) is 90.9 Å². The first-order valence-corrected chi connectivity index (χ1v) is 12.8. The van der Waals surface area contributed by atoms with Gasteiger partial charge >= 0.3 is 0 Å². The molecule has 36 heavy (non-hydrogen) atoms. The number of ether oxygens (including phenoxy) is 3. The van der Waals surface area contributed by atoms with Gasteiger partial charge in [0.25, 0.3) is 5.91 Å². The van der Waals surface area contributed by atoms with Gasteiger partial charge in [0, 0.05) is 42.7 Å². The molecule has 186 valence electrons. The van der Waals surface area contributed by atoms with Crippen LogP contribution in [0.1, 0.15) is 50.0 Å². The summed E-state index contributed by atoms with van der Waals surface area (Å²) < 4.78 is 17.8. The van der Waals surface area contributed by atoms with Crippen molar-refractivity contribution >= 4 is 39.1 Å². The summed E-state index contributed by atoms with van der Waals surface area (Å²) >= 11 is 3.55. The first-order valence-electron chi connectivity index (χ1n) is 12.0.